The monoisotopic (exact) mass is 560 g/mol. The third kappa shape index (κ3) is 3.61. The molecule has 0 amide bonds. The lowest BCUT2D eigenvalue weighted by atomic mass is 10.0. The largest absolute Gasteiger partial charge is 0.307 e. The van der Waals surface area contributed by atoms with E-state index < -0.39 is 0 Å². The van der Waals surface area contributed by atoms with E-state index in [9.17, 15) is 10.5 Å². The van der Waals surface area contributed by atoms with Gasteiger partial charge in [-0.2, -0.15) is 10.5 Å². The summed E-state index contributed by atoms with van der Waals surface area (Å²) in [5.41, 5.74) is 9.08. The van der Waals surface area contributed by atoms with E-state index in [0.29, 0.717) is 16.8 Å². The van der Waals surface area contributed by atoms with Crippen LogP contribution in [0.5, 0.6) is 0 Å². The molecule has 0 aliphatic carbocycles. The Balaban J connectivity index is 1.56. The normalized spacial score (nSPS) is 11.1. The second-order valence-corrected chi connectivity index (χ2v) is 10.6. The van der Waals surface area contributed by atoms with Crippen LogP contribution in [-0.2, 0) is 0 Å². The quantitative estimate of drug-likeness (QED) is 0.202. The number of rotatable bonds is 3. The maximum atomic E-state index is 9.86. The Labute approximate surface area is 252 Å². The zero-order valence-corrected chi connectivity index (χ0v) is 23.2. The number of fused-ring (bicyclic) bond motifs is 6. The zero-order valence-electron chi connectivity index (χ0n) is 23.2. The van der Waals surface area contributed by atoms with Gasteiger partial charge in [0.2, 0.25) is 0 Å². The highest BCUT2D eigenvalue weighted by Gasteiger charge is 2.22. The zero-order chi connectivity index (χ0) is 29.8. The summed E-state index contributed by atoms with van der Waals surface area (Å²) in [4.78, 5) is 8.50. The van der Waals surface area contributed by atoms with Gasteiger partial charge in [0.25, 0.3) is 0 Å². The Bertz CT molecular complexity index is 2450. The average molecular weight is 561 g/mol. The van der Waals surface area contributed by atoms with Crippen molar-refractivity contribution in [1.29, 1.82) is 10.5 Å². The molecule has 0 unspecified atom stereocenters. The van der Waals surface area contributed by atoms with Crippen LogP contribution in [0.1, 0.15) is 11.1 Å². The van der Waals surface area contributed by atoms with Gasteiger partial charge in [0.05, 0.1) is 75.7 Å². The van der Waals surface area contributed by atoms with E-state index >= 15 is 0 Å². The first-order valence-corrected chi connectivity index (χ1v) is 14.0. The molecule has 3 heterocycles. The van der Waals surface area contributed by atoms with Crippen LogP contribution in [0.4, 0.5) is 5.69 Å². The lowest BCUT2D eigenvalue weighted by molar-refractivity contribution is 1.09. The maximum Gasteiger partial charge on any atom is 0.188 e. The van der Waals surface area contributed by atoms with Crippen LogP contribution in [0.2, 0.25) is 0 Å². The molecule has 0 radical (unpaired) electrons. The van der Waals surface area contributed by atoms with Crippen molar-refractivity contribution in [2.75, 3.05) is 0 Å². The molecule has 8 aromatic rings. The fourth-order valence-electron chi connectivity index (χ4n) is 6.41. The molecular formula is C38H20N6. The fourth-order valence-corrected chi connectivity index (χ4v) is 6.41. The average Bonchev–Trinajstić information content (AvgIpc) is 3.59. The molecule has 0 fully saturated rings. The molecule has 0 aliphatic rings. The van der Waals surface area contributed by atoms with Crippen LogP contribution in [0.25, 0.3) is 71.0 Å². The van der Waals surface area contributed by atoms with Gasteiger partial charge in [-0.1, -0.05) is 54.6 Å². The molecule has 0 spiro atoms. The first-order valence-electron chi connectivity index (χ1n) is 14.0. The van der Waals surface area contributed by atoms with Crippen LogP contribution in [0.3, 0.4) is 0 Å². The molecular weight excluding hydrogens is 540 g/mol. The van der Waals surface area contributed by atoms with Crippen molar-refractivity contribution >= 4 is 49.3 Å². The molecule has 0 saturated carbocycles. The van der Waals surface area contributed by atoms with Gasteiger partial charge in [0.1, 0.15) is 0 Å². The number of para-hydroxylation sites is 2. The summed E-state index contributed by atoms with van der Waals surface area (Å²) >= 11 is 0. The molecule has 0 aliphatic heterocycles. The van der Waals surface area contributed by atoms with E-state index in [-0.39, 0.29) is 0 Å². The molecule has 6 heteroatoms. The van der Waals surface area contributed by atoms with Crippen molar-refractivity contribution in [3.63, 3.8) is 0 Å². The molecule has 5 aromatic carbocycles. The van der Waals surface area contributed by atoms with Crippen LogP contribution < -0.4 is 0 Å². The topological polar surface area (TPSA) is 74.7 Å². The summed E-state index contributed by atoms with van der Waals surface area (Å²) in [6.45, 7) is 7.61. The van der Waals surface area contributed by atoms with E-state index in [4.69, 9.17) is 11.6 Å². The predicted molar refractivity (Wildman–Crippen MR) is 174 cm³/mol. The highest BCUT2D eigenvalue weighted by molar-refractivity contribution is 6.12. The van der Waals surface area contributed by atoms with Crippen LogP contribution in [0.15, 0.2) is 122 Å². The van der Waals surface area contributed by atoms with Gasteiger partial charge in [-0.15, -0.1) is 0 Å². The number of nitrogens with zero attached hydrogens (tertiary/aromatic N) is 6. The van der Waals surface area contributed by atoms with Crippen molar-refractivity contribution < 1.29 is 0 Å². The summed E-state index contributed by atoms with van der Waals surface area (Å²) < 4.78 is 4.40. The van der Waals surface area contributed by atoms with Crippen LogP contribution in [-0.4, -0.2) is 14.1 Å². The van der Waals surface area contributed by atoms with Crippen LogP contribution >= 0.6 is 0 Å². The first kappa shape index (κ1) is 25.1. The molecule has 8 rings (SSSR count). The van der Waals surface area contributed by atoms with E-state index in [1.807, 2.05) is 91.3 Å². The number of hydrogen-bond acceptors (Lipinski definition) is 3. The summed E-state index contributed by atoms with van der Waals surface area (Å²) in [5, 5.41) is 23.6. The molecule has 0 bridgehead atoms. The third-order valence-corrected chi connectivity index (χ3v) is 8.26. The summed E-state index contributed by atoms with van der Waals surface area (Å²) in [5.74, 6) is 0. The molecule has 44 heavy (non-hydrogen) atoms. The predicted octanol–water partition coefficient (Wildman–Crippen LogP) is 9.24. The minimum Gasteiger partial charge on any atom is -0.307 e. The minimum absolute atomic E-state index is 0.556. The fraction of sp³-hybridized carbons (Fsp3) is 0. The third-order valence-electron chi connectivity index (χ3n) is 8.26. The van der Waals surface area contributed by atoms with Gasteiger partial charge < -0.3 is 9.13 Å². The lowest BCUT2D eigenvalue weighted by Gasteiger charge is -2.19. The van der Waals surface area contributed by atoms with Crippen LogP contribution in [0, 0.1) is 29.2 Å². The second-order valence-electron chi connectivity index (χ2n) is 10.6. The molecule has 0 atom stereocenters. The highest BCUT2D eigenvalue weighted by atomic mass is 15.0. The van der Waals surface area contributed by atoms with Gasteiger partial charge in [-0.05, 0) is 65.5 Å². The van der Waals surface area contributed by atoms with Gasteiger partial charge in [-0.3, -0.25) is 4.98 Å². The van der Waals surface area contributed by atoms with Crippen molar-refractivity contribution in [3.05, 3.63) is 144 Å². The van der Waals surface area contributed by atoms with E-state index in [1.165, 1.54) is 0 Å². The van der Waals surface area contributed by atoms with Crippen molar-refractivity contribution in [1.82, 2.24) is 14.1 Å². The maximum absolute atomic E-state index is 9.86. The van der Waals surface area contributed by atoms with E-state index in [0.717, 1.165) is 66.1 Å². The number of benzene rings is 5. The first-order chi connectivity index (χ1) is 21.7. The van der Waals surface area contributed by atoms with Gasteiger partial charge >= 0.3 is 0 Å². The Hall–Kier alpha value is -6.68. The number of pyridine rings is 1. The Morgan fingerprint density at radius 2 is 1.14 bits per heavy atom. The molecule has 0 saturated heterocycles. The van der Waals surface area contributed by atoms with Gasteiger partial charge in [0.15, 0.2) is 5.69 Å². The number of nitriles is 2. The lowest BCUT2D eigenvalue weighted by Crippen LogP contribution is -2.05. The SMILES string of the molecule is [C-]#[N+]c1ccc2c(c1)c1ccccc1n2-c1cncc(-n2c3ccccc3c3cc(C#N)ccc32)c1-c1cccc(C#N)c1. The minimum atomic E-state index is 0.556. The molecule has 3 aromatic heterocycles. The van der Waals surface area contributed by atoms with Crippen molar-refractivity contribution in [2.45, 2.75) is 0 Å². The molecule has 0 N–H and O–H groups in total. The molecule has 6 nitrogen and oxygen atoms in total. The Morgan fingerprint density at radius 3 is 1.77 bits per heavy atom. The van der Waals surface area contributed by atoms with Gasteiger partial charge in [0, 0.05) is 21.7 Å². The Morgan fingerprint density at radius 1 is 0.568 bits per heavy atom. The summed E-state index contributed by atoms with van der Waals surface area (Å²) in [6.07, 6.45) is 3.74. The number of aromatic nitrogens is 3. The highest BCUT2D eigenvalue weighted by Crippen LogP contribution is 2.42. The van der Waals surface area contributed by atoms with E-state index in [2.05, 4.69) is 50.4 Å². The number of hydrogen-bond donors (Lipinski definition) is 0. The van der Waals surface area contributed by atoms with Crippen molar-refractivity contribution in [3.8, 4) is 34.6 Å². The van der Waals surface area contributed by atoms with E-state index in [1.54, 1.807) is 6.07 Å². The molecule has 202 valence electrons. The van der Waals surface area contributed by atoms with Gasteiger partial charge in [-0.25, -0.2) is 4.85 Å². The Kier molecular flexibility index (Phi) is 5.53. The standard InChI is InChI=1S/C38H20N6/c1-41-27-14-16-35-31(19-27)29-10-3-5-12-33(29)44(35)37-23-42-22-36(38(37)26-8-6-7-24(17-26)20-39)43-32-11-4-2-9-28(32)30-18-25(21-40)13-15-34(30)43/h2-19,22-23H. The summed E-state index contributed by atoms with van der Waals surface area (Å²) in [6, 6.07) is 40.1. The van der Waals surface area contributed by atoms with Crippen molar-refractivity contribution in [2.24, 2.45) is 0 Å². The summed E-state index contributed by atoms with van der Waals surface area (Å²) in [7, 11) is 0. The smallest absolute Gasteiger partial charge is 0.188 e. The second kappa shape index (κ2) is 9.71.